The van der Waals surface area contributed by atoms with Gasteiger partial charge in [0.15, 0.2) is 0 Å². The Hall–Kier alpha value is -1.13. The van der Waals surface area contributed by atoms with E-state index in [-0.39, 0.29) is 0 Å². The van der Waals surface area contributed by atoms with E-state index in [1.54, 1.807) is 0 Å². The van der Waals surface area contributed by atoms with Gasteiger partial charge in [-0.05, 0) is 45.6 Å². The van der Waals surface area contributed by atoms with E-state index in [0.29, 0.717) is 6.10 Å². The summed E-state index contributed by atoms with van der Waals surface area (Å²) >= 11 is 0. The Morgan fingerprint density at radius 2 is 2.24 bits per heavy atom. The van der Waals surface area contributed by atoms with Gasteiger partial charge in [0, 0.05) is 55.4 Å². The first-order valence-electron chi connectivity index (χ1n) is 8.31. The number of aryl methyl sites for hydroxylation is 1. The van der Waals surface area contributed by atoms with Crippen molar-refractivity contribution in [3.8, 4) is 0 Å². The Labute approximate surface area is 127 Å². The fraction of sp³-hybridized carbons (Fsp3) is 0.706. The normalized spacial score (nSPS) is 21.7. The highest BCUT2D eigenvalue weighted by atomic mass is 16.5. The van der Waals surface area contributed by atoms with E-state index in [1.807, 2.05) is 6.20 Å². The minimum Gasteiger partial charge on any atom is -0.376 e. The molecule has 0 bridgehead atoms. The Bertz CT molecular complexity index is 467. The number of rotatable bonds is 7. The van der Waals surface area contributed by atoms with Crippen molar-refractivity contribution in [1.29, 1.82) is 0 Å². The molecule has 2 heterocycles. The lowest BCUT2D eigenvalue weighted by atomic mass is 10.1. The molecule has 1 saturated heterocycles. The van der Waals surface area contributed by atoms with E-state index in [2.05, 4.69) is 35.1 Å². The van der Waals surface area contributed by atoms with Crippen molar-refractivity contribution in [1.82, 2.24) is 10.3 Å². The van der Waals surface area contributed by atoms with E-state index >= 15 is 0 Å². The van der Waals surface area contributed by atoms with Crippen LogP contribution in [0.1, 0.15) is 43.9 Å². The molecule has 3 rings (SSSR count). The number of ether oxygens (including phenoxy) is 1. The molecule has 1 saturated carbocycles. The summed E-state index contributed by atoms with van der Waals surface area (Å²) in [6.07, 6.45) is 7.47. The lowest BCUT2D eigenvalue weighted by Gasteiger charge is -2.28. The maximum absolute atomic E-state index is 5.81. The van der Waals surface area contributed by atoms with Crippen molar-refractivity contribution < 1.29 is 4.74 Å². The van der Waals surface area contributed by atoms with Gasteiger partial charge in [0.2, 0.25) is 0 Å². The topological polar surface area (TPSA) is 37.4 Å². The van der Waals surface area contributed by atoms with Crippen LogP contribution < -0.4 is 10.2 Å². The first kappa shape index (κ1) is 14.8. The maximum atomic E-state index is 5.81. The number of anilines is 1. The van der Waals surface area contributed by atoms with Crippen molar-refractivity contribution in [2.45, 2.75) is 58.2 Å². The number of hydrogen-bond acceptors (Lipinski definition) is 4. The standard InChI is InChI=1S/C17H27N3O/c1-3-20(12-16-5-4-8-21-16)17-9-13(2)18-10-14(17)11-19-15-6-7-15/h9-10,15-16,19H,3-8,11-12H2,1-2H3. The molecule has 0 spiro atoms. The van der Waals surface area contributed by atoms with E-state index in [4.69, 9.17) is 4.74 Å². The summed E-state index contributed by atoms with van der Waals surface area (Å²) in [6, 6.07) is 2.95. The number of nitrogens with zero attached hydrogens (tertiary/aromatic N) is 2. The third kappa shape index (κ3) is 3.95. The molecule has 0 amide bonds. The molecule has 4 nitrogen and oxygen atoms in total. The maximum Gasteiger partial charge on any atom is 0.0750 e. The fourth-order valence-electron chi connectivity index (χ4n) is 2.98. The fourth-order valence-corrected chi connectivity index (χ4v) is 2.98. The highest BCUT2D eigenvalue weighted by Crippen LogP contribution is 2.25. The zero-order chi connectivity index (χ0) is 14.7. The van der Waals surface area contributed by atoms with Crippen LogP contribution in [0.3, 0.4) is 0 Å². The van der Waals surface area contributed by atoms with Crippen LogP contribution >= 0.6 is 0 Å². The van der Waals surface area contributed by atoms with E-state index in [9.17, 15) is 0 Å². The monoisotopic (exact) mass is 289 g/mol. The van der Waals surface area contributed by atoms with Crippen LogP contribution in [-0.2, 0) is 11.3 Å². The Balaban J connectivity index is 1.73. The molecule has 1 aromatic heterocycles. The van der Waals surface area contributed by atoms with Crippen molar-refractivity contribution in [2.75, 3.05) is 24.6 Å². The van der Waals surface area contributed by atoms with Crippen molar-refractivity contribution >= 4 is 5.69 Å². The second-order valence-corrected chi connectivity index (χ2v) is 6.28. The first-order chi connectivity index (χ1) is 10.3. The first-order valence-corrected chi connectivity index (χ1v) is 8.31. The summed E-state index contributed by atoms with van der Waals surface area (Å²) < 4.78 is 5.81. The van der Waals surface area contributed by atoms with Crippen LogP contribution in [0.4, 0.5) is 5.69 Å². The minimum atomic E-state index is 0.391. The highest BCUT2D eigenvalue weighted by molar-refractivity contribution is 5.53. The molecule has 1 unspecified atom stereocenters. The molecule has 21 heavy (non-hydrogen) atoms. The lowest BCUT2D eigenvalue weighted by molar-refractivity contribution is 0.115. The van der Waals surface area contributed by atoms with Crippen LogP contribution in [0, 0.1) is 6.92 Å². The van der Waals surface area contributed by atoms with E-state index in [0.717, 1.165) is 38.0 Å². The SMILES string of the molecule is CCN(CC1CCCO1)c1cc(C)ncc1CNC1CC1. The molecular formula is C17H27N3O. The van der Waals surface area contributed by atoms with Gasteiger partial charge in [-0.15, -0.1) is 0 Å². The summed E-state index contributed by atoms with van der Waals surface area (Å²) in [5, 5.41) is 3.61. The van der Waals surface area contributed by atoms with Crippen LogP contribution in [0.5, 0.6) is 0 Å². The van der Waals surface area contributed by atoms with Crippen LogP contribution in [0.2, 0.25) is 0 Å². The van der Waals surface area contributed by atoms with E-state index in [1.165, 1.54) is 36.9 Å². The van der Waals surface area contributed by atoms with Crippen molar-refractivity contribution in [3.05, 3.63) is 23.5 Å². The van der Waals surface area contributed by atoms with Gasteiger partial charge in [-0.25, -0.2) is 0 Å². The third-order valence-electron chi connectivity index (χ3n) is 4.43. The molecule has 1 atom stereocenters. The summed E-state index contributed by atoms with van der Waals surface area (Å²) in [4.78, 5) is 6.94. The predicted octanol–water partition coefficient (Wildman–Crippen LogP) is 2.65. The molecule has 1 aliphatic carbocycles. The minimum absolute atomic E-state index is 0.391. The van der Waals surface area contributed by atoms with Crippen molar-refractivity contribution in [2.24, 2.45) is 0 Å². The number of likely N-dealkylation sites (N-methyl/N-ethyl adjacent to an activating group) is 1. The quantitative estimate of drug-likeness (QED) is 0.837. The van der Waals surface area contributed by atoms with Gasteiger partial charge >= 0.3 is 0 Å². The molecule has 1 aromatic rings. The molecule has 1 N–H and O–H groups in total. The summed E-state index contributed by atoms with van der Waals surface area (Å²) in [5.41, 5.74) is 3.73. The molecular weight excluding hydrogens is 262 g/mol. The van der Waals surface area contributed by atoms with Gasteiger partial charge in [0.1, 0.15) is 0 Å². The van der Waals surface area contributed by atoms with Crippen LogP contribution in [0.15, 0.2) is 12.3 Å². The second kappa shape index (κ2) is 6.75. The van der Waals surface area contributed by atoms with E-state index < -0.39 is 0 Å². The van der Waals surface area contributed by atoms with Crippen LogP contribution in [0.25, 0.3) is 0 Å². The smallest absolute Gasteiger partial charge is 0.0750 e. The Kier molecular flexibility index (Phi) is 4.76. The Morgan fingerprint density at radius 3 is 2.90 bits per heavy atom. The molecule has 116 valence electrons. The van der Waals surface area contributed by atoms with Crippen LogP contribution in [-0.4, -0.2) is 36.8 Å². The summed E-state index contributed by atoms with van der Waals surface area (Å²) in [7, 11) is 0. The van der Waals surface area contributed by atoms with Gasteiger partial charge in [0.25, 0.3) is 0 Å². The van der Waals surface area contributed by atoms with Gasteiger partial charge in [-0.3, -0.25) is 4.98 Å². The Morgan fingerprint density at radius 1 is 1.38 bits per heavy atom. The lowest BCUT2D eigenvalue weighted by Crippen LogP contribution is -2.33. The summed E-state index contributed by atoms with van der Waals surface area (Å²) in [6.45, 7) is 8.16. The molecule has 2 aliphatic rings. The molecule has 0 aromatic carbocycles. The zero-order valence-electron chi connectivity index (χ0n) is 13.3. The van der Waals surface area contributed by atoms with Gasteiger partial charge in [-0.2, -0.15) is 0 Å². The molecule has 2 fully saturated rings. The third-order valence-corrected chi connectivity index (χ3v) is 4.43. The second-order valence-electron chi connectivity index (χ2n) is 6.28. The molecule has 0 radical (unpaired) electrons. The largest absolute Gasteiger partial charge is 0.376 e. The average Bonchev–Trinajstić information content (AvgIpc) is 3.18. The molecule has 4 heteroatoms. The number of nitrogens with one attached hydrogen (secondary N) is 1. The van der Waals surface area contributed by atoms with Gasteiger partial charge in [-0.1, -0.05) is 0 Å². The number of aromatic nitrogens is 1. The average molecular weight is 289 g/mol. The number of pyridine rings is 1. The zero-order valence-corrected chi connectivity index (χ0v) is 13.3. The summed E-state index contributed by atoms with van der Waals surface area (Å²) in [5.74, 6) is 0. The van der Waals surface area contributed by atoms with Crippen molar-refractivity contribution in [3.63, 3.8) is 0 Å². The van der Waals surface area contributed by atoms with Gasteiger partial charge in [0.05, 0.1) is 6.10 Å². The highest BCUT2D eigenvalue weighted by Gasteiger charge is 2.23. The predicted molar refractivity (Wildman–Crippen MR) is 85.7 cm³/mol. The number of hydrogen-bond donors (Lipinski definition) is 1. The molecule has 1 aliphatic heterocycles. The van der Waals surface area contributed by atoms with Gasteiger partial charge < -0.3 is 15.0 Å².